The van der Waals surface area contributed by atoms with Crippen molar-refractivity contribution in [3.63, 3.8) is 0 Å². The van der Waals surface area contributed by atoms with Gasteiger partial charge in [-0.15, -0.1) is 0 Å². The second kappa shape index (κ2) is 14.7. The summed E-state index contributed by atoms with van der Waals surface area (Å²) >= 11 is 0. The van der Waals surface area contributed by atoms with Gasteiger partial charge < -0.3 is 0 Å². The SMILES string of the molecule is c1ccc(-c2ccc(-c3cc(-c4ccccc4)cc(-c4ccc(-c5ccc(-c6nc(-c7ccccc7)nc(-c7ccccc7)n6)cc5)cn4)n3)nc2)cc1. The van der Waals surface area contributed by atoms with Crippen molar-refractivity contribution in [1.82, 2.24) is 29.9 Å². The van der Waals surface area contributed by atoms with Crippen LogP contribution in [0.1, 0.15) is 0 Å². The maximum absolute atomic E-state index is 5.06. The molecule has 9 aromatic rings. The Balaban J connectivity index is 1.02. The third-order valence-corrected chi connectivity index (χ3v) is 9.27. The van der Waals surface area contributed by atoms with Crippen molar-refractivity contribution in [2.45, 2.75) is 0 Å². The van der Waals surface area contributed by atoms with Crippen molar-refractivity contribution >= 4 is 0 Å². The van der Waals surface area contributed by atoms with Crippen LogP contribution in [-0.4, -0.2) is 29.9 Å². The number of nitrogens with zero attached hydrogens (tertiary/aromatic N) is 6. The Bertz CT molecular complexity index is 2590. The lowest BCUT2D eigenvalue weighted by Crippen LogP contribution is -2.00. The average molecular weight is 693 g/mol. The zero-order valence-electron chi connectivity index (χ0n) is 29.2. The summed E-state index contributed by atoms with van der Waals surface area (Å²) in [6, 6.07) is 61.3. The number of hydrogen-bond acceptors (Lipinski definition) is 6. The van der Waals surface area contributed by atoms with E-state index in [-0.39, 0.29) is 0 Å². The van der Waals surface area contributed by atoms with Gasteiger partial charge in [-0.3, -0.25) is 9.97 Å². The van der Waals surface area contributed by atoms with E-state index in [9.17, 15) is 0 Å². The van der Waals surface area contributed by atoms with Crippen molar-refractivity contribution in [2.24, 2.45) is 0 Å². The van der Waals surface area contributed by atoms with Crippen LogP contribution < -0.4 is 0 Å². The minimum absolute atomic E-state index is 0.618. The lowest BCUT2D eigenvalue weighted by atomic mass is 10.0. The molecule has 6 heteroatoms. The van der Waals surface area contributed by atoms with Crippen molar-refractivity contribution in [3.8, 4) is 90.3 Å². The Morgan fingerprint density at radius 2 is 0.537 bits per heavy atom. The van der Waals surface area contributed by atoms with Crippen molar-refractivity contribution in [2.75, 3.05) is 0 Å². The molecule has 54 heavy (non-hydrogen) atoms. The lowest BCUT2D eigenvalue weighted by Gasteiger charge is -2.11. The van der Waals surface area contributed by atoms with Gasteiger partial charge in [0.1, 0.15) is 0 Å². The van der Waals surface area contributed by atoms with Crippen LogP contribution in [0, 0.1) is 0 Å². The maximum atomic E-state index is 5.06. The van der Waals surface area contributed by atoms with Gasteiger partial charge in [0, 0.05) is 40.2 Å². The van der Waals surface area contributed by atoms with Crippen LogP contribution >= 0.6 is 0 Å². The molecule has 6 nitrogen and oxygen atoms in total. The molecule has 0 unspecified atom stereocenters. The van der Waals surface area contributed by atoms with E-state index in [1.807, 2.05) is 122 Å². The third kappa shape index (κ3) is 6.92. The standard InChI is InChI=1S/C48H32N6/c1-5-13-33(14-6-1)39-25-27-42(49-31-39)44-29-41(34-15-7-2-8-16-34)30-45(51-44)43-28-26-40(32-50-43)35-21-23-38(24-22-35)48-53-46(36-17-9-3-10-18-36)52-47(54-48)37-19-11-4-12-20-37/h1-32H. The van der Waals surface area contributed by atoms with Gasteiger partial charge in [-0.25, -0.2) is 19.9 Å². The minimum Gasteiger partial charge on any atom is -0.254 e. The molecule has 0 fully saturated rings. The Morgan fingerprint density at radius 3 is 0.926 bits per heavy atom. The Kier molecular flexibility index (Phi) is 8.81. The summed E-state index contributed by atoms with van der Waals surface area (Å²) in [4.78, 5) is 29.4. The second-order valence-electron chi connectivity index (χ2n) is 12.8. The van der Waals surface area contributed by atoms with Gasteiger partial charge in [0.05, 0.1) is 22.8 Å². The van der Waals surface area contributed by atoms with E-state index in [0.29, 0.717) is 17.5 Å². The molecular weight excluding hydrogens is 661 g/mol. The highest BCUT2D eigenvalue weighted by molar-refractivity contribution is 5.77. The number of pyridine rings is 3. The highest BCUT2D eigenvalue weighted by Crippen LogP contribution is 2.32. The summed E-state index contributed by atoms with van der Waals surface area (Å²) in [7, 11) is 0. The molecule has 0 aliphatic rings. The van der Waals surface area contributed by atoms with Gasteiger partial charge in [0.2, 0.25) is 0 Å². The molecular formula is C48H32N6. The van der Waals surface area contributed by atoms with Crippen LogP contribution in [0.25, 0.3) is 90.3 Å². The number of hydrogen-bond donors (Lipinski definition) is 0. The summed E-state index contributed by atoms with van der Waals surface area (Å²) < 4.78 is 0. The molecule has 0 bridgehead atoms. The zero-order chi connectivity index (χ0) is 36.1. The van der Waals surface area contributed by atoms with E-state index in [2.05, 4.69) is 72.8 Å². The fraction of sp³-hybridized carbons (Fsp3) is 0. The fourth-order valence-electron chi connectivity index (χ4n) is 6.40. The van der Waals surface area contributed by atoms with Crippen LogP contribution in [-0.2, 0) is 0 Å². The molecule has 0 saturated heterocycles. The Morgan fingerprint density at radius 1 is 0.222 bits per heavy atom. The van der Waals surface area contributed by atoms with E-state index in [0.717, 1.165) is 72.8 Å². The average Bonchev–Trinajstić information content (AvgIpc) is 3.27. The smallest absolute Gasteiger partial charge is 0.164 e. The normalized spacial score (nSPS) is 11.0. The van der Waals surface area contributed by atoms with E-state index in [4.69, 9.17) is 29.9 Å². The van der Waals surface area contributed by atoms with Crippen molar-refractivity contribution in [1.29, 1.82) is 0 Å². The first-order valence-corrected chi connectivity index (χ1v) is 17.8. The Hall–Kier alpha value is -7.44. The summed E-state index contributed by atoms with van der Waals surface area (Å²) in [6.45, 7) is 0. The van der Waals surface area contributed by atoms with Crippen LogP contribution in [0.15, 0.2) is 194 Å². The molecule has 0 aliphatic carbocycles. The highest BCUT2D eigenvalue weighted by atomic mass is 15.0. The van der Waals surface area contributed by atoms with Crippen LogP contribution in [0.4, 0.5) is 0 Å². The molecule has 254 valence electrons. The van der Waals surface area contributed by atoms with E-state index >= 15 is 0 Å². The molecule has 9 rings (SSSR count). The van der Waals surface area contributed by atoms with Crippen LogP contribution in [0.3, 0.4) is 0 Å². The molecule has 0 saturated carbocycles. The first kappa shape index (κ1) is 32.5. The predicted octanol–water partition coefficient (Wildman–Crippen LogP) is 11.4. The third-order valence-electron chi connectivity index (χ3n) is 9.27. The van der Waals surface area contributed by atoms with E-state index < -0.39 is 0 Å². The molecule has 0 amide bonds. The summed E-state index contributed by atoms with van der Waals surface area (Å²) in [5.74, 6) is 1.89. The highest BCUT2D eigenvalue weighted by Gasteiger charge is 2.14. The van der Waals surface area contributed by atoms with Crippen molar-refractivity contribution in [3.05, 3.63) is 194 Å². The minimum atomic E-state index is 0.618. The van der Waals surface area contributed by atoms with Gasteiger partial charge >= 0.3 is 0 Å². The summed E-state index contributed by atoms with van der Waals surface area (Å²) in [5, 5.41) is 0. The molecule has 0 atom stereocenters. The van der Waals surface area contributed by atoms with Gasteiger partial charge in [0.25, 0.3) is 0 Å². The fourth-order valence-corrected chi connectivity index (χ4v) is 6.40. The number of benzene rings is 5. The first-order chi connectivity index (χ1) is 26.7. The summed E-state index contributed by atoms with van der Waals surface area (Å²) in [5.41, 5.74) is 12.3. The first-order valence-electron chi connectivity index (χ1n) is 17.8. The molecule has 0 aliphatic heterocycles. The molecule has 0 radical (unpaired) electrons. The van der Waals surface area contributed by atoms with Gasteiger partial charge in [-0.05, 0) is 46.5 Å². The molecule has 0 N–H and O–H groups in total. The predicted molar refractivity (Wildman–Crippen MR) is 217 cm³/mol. The quantitative estimate of drug-likeness (QED) is 0.158. The van der Waals surface area contributed by atoms with E-state index in [1.165, 1.54) is 0 Å². The lowest BCUT2D eigenvalue weighted by molar-refractivity contribution is 1.07. The summed E-state index contributed by atoms with van der Waals surface area (Å²) in [6.07, 6.45) is 3.81. The van der Waals surface area contributed by atoms with Crippen molar-refractivity contribution < 1.29 is 0 Å². The molecule has 5 aromatic carbocycles. The van der Waals surface area contributed by atoms with E-state index in [1.54, 1.807) is 0 Å². The zero-order valence-corrected chi connectivity index (χ0v) is 29.2. The number of rotatable bonds is 8. The van der Waals surface area contributed by atoms with Gasteiger partial charge in [0.15, 0.2) is 17.5 Å². The molecule has 4 aromatic heterocycles. The van der Waals surface area contributed by atoms with Crippen LogP contribution in [0.2, 0.25) is 0 Å². The topological polar surface area (TPSA) is 77.3 Å². The monoisotopic (exact) mass is 692 g/mol. The second-order valence-corrected chi connectivity index (χ2v) is 12.8. The van der Waals surface area contributed by atoms with Gasteiger partial charge in [-0.1, -0.05) is 158 Å². The van der Waals surface area contributed by atoms with Gasteiger partial charge in [-0.2, -0.15) is 0 Å². The van der Waals surface area contributed by atoms with Crippen LogP contribution in [0.5, 0.6) is 0 Å². The Labute approximate surface area is 313 Å². The molecule has 4 heterocycles. The molecule has 0 spiro atoms. The number of aromatic nitrogens is 6. The maximum Gasteiger partial charge on any atom is 0.164 e. The largest absolute Gasteiger partial charge is 0.254 e.